The molecule has 96 valence electrons. The molecular weight excluding hydrogens is 228 g/mol. The van der Waals surface area contributed by atoms with Gasteiger partial charge in [0.15, 0.2) is 0 Å². The van der Waals surface area contributed by atoms with Gasteiger partial charge in [0, 0.05) is 24.3 Å². The van der Waals surface area contributed by atoms with Gasteiger partial charge in [0.1, 0.15) is 12.1 Å². The number of fused-ring (bicyclic) bond motifs is 1. The molecule has 1 aliphatic rings. The van der Waals surface area contributed by atoms with E-state index in [1.165, 1.54) is 19.2 Å². The Morgan fingerprint density at radius 3 is 3.33 bits per heavy atom. The van der Waals surface area contributed by atoms with Gasteiger partial charge in [-0.1, -0.05) is 0 Å². The summed E-state index contributed by atoms with van der Waals surface area (Å²) in [6, 6.07) is 2.66. The summed E-state index contributed by atoms with van der Waals surface area (Å²) in [5.74, 6) is 1.62. The van der Waals surface area contributed by atoms with Gasteiger partial charge in [0.25, 0.3) is 5.78 Å². The molecule has 2 aromatic rings. The molecule has 6 heteroatoms. The van der Waals surface area contributed by atoms with Crippen LogP contribution in [-0.2, 0) is 0 Å². The van der Waals surface area contributed by atoms with Crippen LogP contribution in [0.5, 0.6) is 0 Å². The van der Waals surface area contributed by atoms with E-state index in [4.69, 9.17) is 0 Å². The van der Waals surface area contributed by atoms with E-state index in [0.29, 0.717) is 11.8 Å². The number of aromatic nitrogens is 4. The Hall–Kier alpha value is -1.69. The van der Waals surface area contributed by atoms with Crippen LogP contribution in [0, 0.1) is 6.92 Å². The average Bonchev–Trinajstić information content (AvgIpc) is 2.98. The third kappa shape index (κ3) is 2.28. The monoisotopic (exact) mass is 246 g/mol. The van der Waals surface area contributed by atoms with Gasteiger partial charge < -0.3 is 10.6 Å². The van der Waals surface area contributed by atoms with Crippen molar-refractivity contribution in [3.05, 3.63) is 18.1 Å². The van der Waals surface area contributed by atoms with E-state index in [9.17, 15) is 0 Å². The highest BCUT2D eigenvalue weighted by Crippen LogP contribution is 2.12. The fourth-order valence-electron chi connectivity index (χ4n) is 2.43. The van der Waals surface area contributed by atoms with E-state index in [1.807, 2.05) is 13.0 Å². The fraction of sp³-hybridized carbons (Fsp3) is 0.583. The van der Waals surface area contributed by atoms with Gasteiger partial charge in [0.2, 0.25) is 0 Å². The first-order valence-electron chi connectivity index (χ1n) is 6.47. The summed E-state index contributed by atoms with van der Waals surface area (Å²) in [7, 11) is 0. The second-order valence-electron chi connectivity index (χ2n) is 4.76. The number of hydrogen-bond donors (Lipinski definition) is 2. The largest absolute Gasteiger partial charge is 0.370 e. The molecule has 1 unspecified atom stereocenters. The summed E-state index contributed by atoms with van der Waals surface area (Å²) in [4.78, 5) is 8.43. The fourth-order valence-corrected chi connectivity index (χ4v) is 2.43. The summed E-state index contributed by atoms with van der Waals surface area (Å²) in [6.07, 6.45) is 5.26. The van der Waals surface area contributed by atoms with Crippen molar-refractivity contribution in [2.75, 3.05) is 18.4 Å². The van der Waals surface area contributed by atoms with Crippen molar-refractivity contribution < 1.29 is 0 Å². The summed E-state index contributed by atoms with van der Waals surface area (Å²) >= 11 is 0. The third-order valence-electron chi connectivity index (χ3n) is 3.34. The molecule has 0 bridgehead atoms. The van der Waals surface area contributed by atoms with Crippen LogP contribution in [0.25, 0.3) is 5.78 Å². The molecule has 6 nitrogen and oxygen atoms in total. The van der Waals surface area contributed by atoms with Crippen LogP contribution in [0.4, 0.5) is 5.82 Å². The Kier molecular flexibility index (Phi) is 3.10. The molecule has 0 spiro atoms. The molecule has 0 saturated carbocycles. The summed E-state index contributed by atoms with van der Waals surface area (Å²) in [5.41, 5.74) is 0.956. The highest BCUT2D eigenvalue weighted by atomic mass is 15.3. The van der Waals surface area contributed by atoms with Crippen molar-refractivity contribution in [1.82, 2.24) is 24.9 Å². The maximum Gasteiger partial charge on any atom is 0.254 e. The summed E-state index contributed by atoms with van der Waals surface area (Å²) in [6.45, 7) is 4.07. The van der Waals surface area contributed by atoms with E-state index < -0.39 is 0 Å². The first kappa shape index (κ1) is 11.4. The van der Waals surface area contributed by atoms with E-state index in [-0.39, 0.29) is 0 Å². The molecule has 1 atom stereocenters. The van der Waals surface area contributed by atoms with E-state index in [1.54, 1.807) is 4.52 Å². The maximum atomic E-state index is 4.32. The molecule has 0 amide bonds. The van der Waals surface area contributed by atoms with Crippen molar-refractivity contribution >= 4 is 11.6 Å². The van der Waals surface area contributed by atoms with Crippen LogP contribution in [-0.4, -0.2) is 38.7 Å². The number of nitrogens with one attached hydrogen (secondary N) is 2. The van der Waals surface area contributed by atoms with Gasteiger partial charge in [-0.15, -0.1) is 0 Å². The van der Waals surface area contributed by atoms with Gasteiger partial charge >= 0.3 is 0 Å². The molecular formula is C12H18N6. The zero-order valence-electron chi connectivity index (χ0n) is 10.6. The maximum absolute atomic E-state index is 4.32. The first-order chi connectivity index (χ1) is 8.83. The minimum absolute atomic E-state index is 0.650. The first-order valence-corrected chi connectivity index (χ1v) is 6.47. The van der Waals surface area contributed by atoms with E-state index in [2.05, 4.69) is 25.7 Å². The number of nitrogens with zero attached hydrogens (tertiary/aromatic N) is 4. The lowest BCUT2D eigenvalue weighted by Gasteiger charge is -2.12. The molecule has 18 heavy (non-hydrogen) atoms. The van der Waals surface area contributed by atoms with Crippen LogP contribution < -0.4 is 10.6 Å². The van der Waals surface area contributed by atoms with Crippen molar-refractivity contribution in [2.24, 2.45) is 0 Å². The molecule has 3 rings (SSSR count). The molecule has 0 aliphatic carbocycles. The second-order valence-corrected chi connectivity index (χ2v) is 4.76. The predicted octanol–water partition coefficient (Wildman–Crippen LogP) is 0.987. The lowest BCUT2D eigenvalue weighted by molar-refractivity contribution is 0.573. The Morgan fingerprint density at radius 2 is 2.50 bits per heavy atom. The van der Waals surface area contributed by atoms with E-state index >= 15 is 0 Å². The van der Waals surface area contributed by atoms with Crippen molar-refractivity contribution in [3.63, 3.8) is 0 Å². The van der Waals surface area contributed by atoms with Crippen molar-refractivity contribution in [2.45, 2.75) is 32.2 Å². The third-order valence-corrected chi connectivity index (χ3v) is 3.34. The molecule has 2 N–H and O–H groups in total. The minimum atomic E-state index is 0.650. The quantitative estimate of drug-likeness (QED) is 0.842. The normalized spacial score (nSPS) is 19.5. The van der Waals surface area contributed by atoms with Gasteiger partial charge in [0.05, 0.1) is 0 Å². The SMILES string of the molecule is Cc1cc(NCCC2CCCN2)n2ncnc2n1. The highest BCUT2D eigenvalue weighted by Gasteiger charge is 2.13. The topological polar surface area (TPSA) is 67.1 Å². The Morgan fingerprint density at radius 1 is 1.56 bits per heavy atom. The van der Waals surface area contributed by atoms with Crippen LogP contribution in [0.3, 0.4) is 0 Å². The summed E-state index contributed by atoms with van der Waals surface area (Å²) in [5, 5.41) is 11.1. The lowest BCUT2D eigenvalue weighted by atomic mass is 10.1. The van der Waals surface area contributed by atoms with Crippen LogP contribution in [0.1, 0.15) is 25.0 Å². The minimum Gasteiger partial charge on any atom is -0.370 e. The smallest absolute Gasteiger partial charge is 0.254 e. The number of rotatable bonds is 4. The Balaban J connectivity index is 1.67. The van der Waals surface area contributed by atoms with E-state index in [0.717, 1.165) is 31.0 Å². The molecule has 1 aliphatic heterocycles. The summed E-state index contributed by atoms with van der Waals surface area (Å²) < 4.78 is 1.75. The van der Waals surface area contributed by atoms with Gasteiger partial charge in [-0.3, -0.25) is 0 Å². The zero-order chi connectivity index (χ0) is 12.4. The van der Waals surface area contributed by atoms with Crippen LogP contribution in [0.2, 0.25) is 0 Å². The zero-order valence-corrected chi connectivity index (χ0v) is 10.6. The highest BCUT2D eigenvalue weighted by molar-refractivity contribution is 5.44. The standard InChI is InChI=1S/C12H18N6/c1-9-7-11(18-12(17-9)15-8-16-18)14-6-4-10-3-2-5-13-10/h7-8,10,13-14H,2-6H2,1H3. The van der Waals surface area contributed by atoms with Gasteiger partial charge in [-0.25, -0.2) is 4.98 Å². The van der Waals surface area contributed by atoms with Gasteiger partial charge in [-0.05, 0) is 32.7 Å². The van der Waals surface area contributed by atoms with Crippen molar-refractivity contribution in [1.29, 1.82) is 0 Å². The molecule has 1 fully saturated rings. The molecule has 0 radical (unpaired) electrons. The molecule has 1 saturated heterocycles. The van der Waals surface area contributed by atoms with Crippen LogP contribution in [0.15, 0.2) is 12.4 Å². The second kappa shape index (κ2) is 4.89. The molecule has 3 heterocycles. The average molecular weight is 246 g/mol. The lowest BCUT2D eigenvalue weighted by Crippen LogP contribution is -2.24. The van der Waals surface area contributed by atoms with Crippen LogP contribution >= 0.6 is 0 Å². The molecule has 2 aromatic heterocycles. The Labute approximate surface area is 106 Å². The van der Waals surface area contributed by atoms with Gasteiger partial charge in [-0.2, -0.15) is 14.6 Å². The number of aryl methyl sites for hydroxylation is 1. The Bertz CT molecular complexity index is 528. The number of hydrogen-bond acceptors (Lipinski definition) is 5. The molecule has 0 aromatic carbocycles. The number of anilines is 1. The van der Waals surface area contributed by atoms with Crippen molar-refractivity contribution in [3.8, 4) is 0 Å². The predicted molar refractivity (Wildman–Crippen MR) is 69.7 cm³/mol.